The van der Waals surface area contributed by atoms with Gasteiger partial charge in [0, 0.05) is 5.02 Å². The number of amides is 2. The van der Waals surface area contributed by atoms with E-state index in [0.717, 1.165) is 31.2 Å². The number of carbonyl (C=O) groups excluding carboxylic acids is 2. The molecule has 0 unspecified atom stereocenters. The van der Waals surface area contributed by atoms with E-state index in [1.807, 2.05) is 6.92 Å². The fourth-order valence-corrected chi connectivity index (χ4v) is 5.92. The van der Waals surface area contributed by atoms with Gasteiger partial charge in [0.1, 0.15) is 10.6 Å². The largest absolute Gasteiger partial charge is 0.495 e. The molecule has 1 saturated carbocycles. The smallest absolute Gasteiger partial charge is 0.265 e. The van der Waals surface area contributed by atoms with Crippen molar-refractivity contribution >= 4 is 39.1 Å². The molecule has 2 fully saturated rings. The number of carbonyl (C=O) groups is 2. The maximum absolute atomic E-state index is 13.1. The van der Waals surface area contributed by atoms with Crippen LogP contribution in [0.25, 0.3) is 0 Å². The first-order valence-corrected chi connectivity index (χ1v) is 12.4. The summed E-state index contributed by atoms with van der Waals surface area (Å²) in [4.78, 5) is 26.8. The zero-order valence-electron chi connectivity index (χ0n) is 17.9. The van der Waals surface area contributed by atoms with Gasteiger partial charge in [-0.1, -0.05) is 36.6 Å². The molecule has 4 rings (SSSR count). The number of hydrogen-bond donors (Lipinski definition) is 1. The molecule has 0 aromatic heterocycles. The molecule has 2 aliphatic rings. The number of rotatable bonds is 6. The molecule has 32 heavy (non-hydrogen) atoms. The Bertz CT molecular complexity index is 1160. The molecule has 2 atom stereocenters. The first-order valence-electron chi connectivity index (χ1n) is 10.5. The highest BCUT2D eigenvalue weighted by Gasteiger charge is 2.47. The quantitative estimate of drug-likeness (QED) is 0.632. The molecule has 1 aliphatic heterocycles. The van der Waals surface area contributed by atoms with E-state index in [1.165, 1.54) is 30.2 Å². The summed E-state index contributed by atoms with van der Waals surface area (Å²) in [7, 11) is -2.63. The van der Waals surface area contributed by atoms with Gasteiger partial charge in [-0.2, -0.15) is 0 Å². The summed E-state index contributed by atoms with van der Waals surface area (Å²) in [6, 6.07) is 9.52. The van der Waals surface area contributed by atoms with Crippen LogP contribution < -0.4 is 9.46 Å². The third kappa shape index (κ3) is 4.21. The average molecular weight is 477 g/mol. The Morgan fingerprint density at radius 3 is 2.31 bits per heavy atom. The van der Waals surface area contributed by atoms with Crippen molar-refractivity contribution in [3.8, 4) is 5.75 Å². The van der Waals surface area contributed by atoms with Gasteiger partial charge < -0.3 is 4.74 Å². The Hall–Kier alpha value is -2.58. The Morgan fingerprint density at radius 2 is 1.72 bits per heavy atom. The van der Waals surface area contributed by atoms with Crippen LogP contribution in [-0.2, 0) is 26.2 Å². The zero-order chi connectivity index (χ0) is 23.0. The zero-order valence-corrected chi connectivity index (χ0v) is 19.5. The Morgan fingerprint density at radius 1 is 1.06 bits per heavy atom. The van der Waals surface area contributed by atoms with Crippen LogP contribution in [0, 0.1) is 18.8 Å². The first kappa shape index (κ1) is 22.6. The standard InChI is InChI=1S/C23H25ClN2O5S/c1-14-7-9-16(12-19(14)24)25-32(29,30)21-11-15(8-10-20(21)31-2)13-26-22(27)17-5-3-4-6-18(17)23(26)28/h7-12,17-18,25H,3-6,13H2,1-2H3/t17-,18-/m0/s1. The number of anilines is 1. The average Bonchev–Trinajstić information content (AvgIpc) is 3.01. The third-order valence-corrected chi connectivity index (χ3v) is 8.02. The summed E-state index contributed by atoms with van der Waals surface area (Å²) in [5.74, 6) is -0.650. The lowest BCUT2D eigenvalue weighted by molar-refractivity contribution is -0.140. The van der Waals surface area contributed by atoms with Crippen molar-refractivity contribution in [1.29, 1.82) is 0 Å². The molecule has 1 N–H and O–H groups in total. The van der Waals surface area contributed by atoms with Crippen molar-refractivity contribution in [2.75, 3.05) is 11.8 Å². The van der Waals surface area contributed by atoms with Gasteiger partial charge in [-0.05, 0) is 55.2 Å². The van der Waals surface area contributed by atoms with E-state index in [4.69, 9.17) is 16.3 Å². The van der Waals surface area contributed by atoms with Crippen LogP contribution in [0.15, 0.2) is 41.3 Å². The van der Waals surface area contributed by atoms with Crippen molar-refractivity contribution < 1.29 is 22.7 Å². The summed E-state index contributed by atoms with van der Waals surface area (Å²) >= 11 is 6.12. The molecule has 1 aliphatic carbocycles. The summed E-state index contributed by atoms with van der Waals surface area (Å²) in [6.07, 6.45) is 3.37. The van der Waals surface area contributed by atoms with Crippen LogP contribution in [0.4, 0.5) is 5.69 Å². The summed E-state index contributed by atoms with van der Waals surface area (Å²) in [5.41, 5.74) is 1.69. The lowest BCUT2D eigenvalue weighted by atomic mass is 9.81. The van der Waals surface area contributed by atoms with Crippen molar-refractivity contribution in [2.24, 2.45) is 11.8 Å². The highest BCUT2D eigenvalue weighted by molar-refractivity contribution is 7.92. The summed E-state index contributed by atoms with van der Waals surface area (Å²) in [6.45, 7) is 1.86. The van der Waals surface area contributed by atoms with Crippen molar-refractivity contribution in [3.63, 3.8) is 0 Å². The minimum atomic E-state index is -4.01. The van der Waals surface area contributed by atoms with Gasteiger partial charge in [-0.25, -0.2) is 8.42 Å². The van der Waals surface area contributed by atoms with Gasteiger partial charge in [0.25, 0.3) is 10.0 Å². The molecule has 0 bridgehead atoms. The minimum absolute atomic E-state index is 0.0353. The number of benzene rings is 2. The number of sulfonamides is 1. The number of nitrogens with one attached hydrogen (secondary N) is 1. The van der Waals surface area contributed by atoms with Crippen molar-refractivity contribution in [3.05, 3.63) is 52.5 Å². The first-order chi connectivity index (χ1) is 15.2. The lowest BCUT2D eigenvalue weighted by Crippen LogP contribution is -2.30. The fourth-order valence-electron chi connectivity index (χ4n) is 4.47. The number of fused-ring (bicyclic) bond motifs is 1. The lowest BCUT2D eigenvalue weighted by Gasteiger charge is -2.19. The van der Waals surface area contributed by atoms with Gasteiger partial charge >= 0.3 is 0 Å². The molecular formula is C23H25ClN2O5S. The third-order valence-electron chi connectivity index (χ3n) is 6.21. The molecule has 2 amide bonds. The van der Waals surface area contributed by atoms with Gasteiger partial charge in [0.05, 0.1) is 31.2 Å². The molecule has 1 heterocycles. The van der Waals surface area contributed by atoms with E-state index in [0.29, 0.717) is 16.3 Å². The number of likely N-dealkylation sites (tertiary alicyclic amines) is 1. The Kier molecular flexibility index (Phi) is 6.18. The van der Waals surface area contributed by atoms with E-state index in [2.05, 4.69) is 4.72 Å². The molecule has 9 heteroatoms. The summed E-state index contributed by atoms with van der Waals surface area (Å²) < 4.78 is 34.0. The molecule has 2 aromatic rings. The second-order valence-corrected chi connectivity index (χ2v) is 10.4. The van der Waals surface area contributed by atoms with Crippen LogP contribution in [0.2, 0.25) is 5.02 Å². The number of imide groups is 1. The van der Waals surface area contributed by atoms with E-state index < -0.39 is 10.0 Å². The molecule has 1 saturated heterocycles. The van der Waals surface area contributed by atoms with Crippen LogP contribution in [0.5, 0.6) is 5.75 Å². The molecule has 2 aromatic carbocycles. The predicted octanol–water partition coefficient (Wildman–Crippen LogP) is 4.13. The van der Waals surface area contributed by atoms with Crippen LogP contribution in [-0.4, -0.2) is 32.2 Å². The van der Waals surface area contributed by atoms with Crippen LogP contribution >= 0.6 is 11.6 Å². The number of nitrogens with zero attached hydrogens (tertiary/aromatic N) is 1. The topological polar surface area (TPSA) is 92.8 Å². The highest BCUT2D eigenvalue weighted by atomic mass is 35.5. The highest BCUT2D eigenvalue weighted by Crippen LogP contribution is 2.39. The maximum atomic E-state index is 13.1. The van der Waals surface area contributed by atoms with Crippen LogP contribution in [0.3, 0.4) is 0 Å². The number of hydrogen-bond acceptors (Lipinski definition) is 5. The monoisotopic (exact) mass is 476 g/mol. The van der Waals surface area contributed by atoms with Gasteiger partial charge in [0.2, 0.25) is 11.8 Å². The maximum Gasteiger partial charge on any atom is 0.265 e. The van der Waals surface area contributed by atoms with Crippen molar-refractivity contribution in [2.45, 2.75) is 44.0 Å². The fraction of sp³-hybridized carbons (Fsp3) is 0.391. The number of halogens is 1. The Labute approximate surface area is 192 Å². The predicted molar refractivity (Wildman–Crippen MR) is 121 cm³/mol. The number of methoxy groups -OCH3 is 1. The molecule has 0 radical (unpaired) electrons. The minimum Gasteiger partial charge on any atom is -0.495 e. The number of aryl methyl sites for hydroxylation is 1. The second-order valence-electron chi connectivity index (χ2n) is 8.31. The van der Waals surface area contributed by atoms with Crippen LogP contribution in [0.1, 0.15) is 36.8 Å². The SMILES string of the molecule is COc1ccc(CN2C(=O)[C@H]3CCCC[C@@H]3C2=O)cc1S(=O)(=O)Nc1ccc(C)c(Cl)c1. The van der Waals surface area contributed by atoms with Gasteiger partial charge in [0.15, 0.2) is 0 Å². The molecule has 0 spiro atoms. The summed E-state index contributed by atoms with van der Waals surface area (Å²) in [5, 5.41) is 0.443. The van der Waals surface area contributed by atoms with E-state index >= 15 is 0 Å². The van der Waals surface area contributed by atoms with Gasteiger partial charge in [-0.15, -0.1) is 0 Å². The van der Waals surface area contributed by atoms with E-state index in [9.17, 15) is 18.0 Å². The molecule has 170 valence electrons. The Balaban J connectivity index is 1.62. The van der Waals surface area contributed by atoms with Gasteiger partial charge in [-0.3, -0.25) is 19.2 Å². The normalized spacial score (nSPS) is 20.9. The molecule has 7 nitrogen and oxygen atoms in total. The second kappa shape index (κ2) is 8.75. The number of ether oxygens (including phenoxy) is 1. The van der Waals surface area contributed by atoms with E-state index in [-0.39, 0.29) is 40.8 Å². The molecular weight excluding hydrogens is 452 g/mol. The van der Waals surface area contributed by atoms with Crippen molar-refractivity contribution in [1.82, 2.24) is 4.90 Å². The van der Waals surface area contributed by atoms with E-state index in [1.54, 1.807) is 18.2 Å².